The summed E-state index contributed by atoms with van der Waals surface area (Å²) < 4.78 is 8.69. The highest BCUT2D eigenvalue weighted by Gasteiger charge is 2.20. The Balaban J connectivity index is 1.59. The zero-order valence-corrected chi connectivity index (χ0v) is 19.8. The average Bonchev–Trinajstić information content (AvgIpc) is 3.22. The molecule has 9 heteroatoms. The van der Waals surface area contributed by atoms with Crippen molar-refractivity contribution >= 4 is 34.3 Å². The molecule has 1 N–H and O–H groups in total. The van der Waals surface area contributed by atoms with Crippen molar-refractivity contribution in [3.05, 3.63) is 80.6 Å². The lowest BCUT2D eigenvalue weighted by atomic mass is 10.1. The molecule has 0 saturated carbocycles. The second-order valence-corrected chi connectivity index (χ2v) is 8.66. The quantitative estimate of drug-likeness (QED) is 0.445. The van der Waals surface area contributed by atoms with E-state index in [1.807, 2.05) is 57.1 Å². The number of amides is 1. The van der Waals surface area contributed by atoms with E-state index in [0.717, 1.165) is 11.3 Å². The fraction of sp³-hybridized carbons (Fsp3) is 0.292. The zero-order valence-electron chi connectivity index (χ0n) is 19.1. The molecule has 0 spiro atoms. The number of likely N-dealkylation sites (N-methyl/N-ethyl adjacent to an activating group) is 1. The maximum absolute atomic E-state index is 13.1. The molecule has 4 aromatic rings. The van der Waals surface area contributed by atoms with Gasteiger partial charge in [0.1, 0.15) is 0 Å². The number of fused-ring (bicyclic) bond motifs is 1. The van der Waals surface area contributed by atoms with E-state index in [1.54, 1.807) is 27.4 Å². The first-order chi connectivity index (χ1) is 15.7. The van der Waals surface area contributed by atoms with Gasteiger partial charge in [-0.3, -0.25) is 14.0 Å². The normalized spacial score (nSPS) is 11.5. The van der Waals surface area contributed by atoms with Gasteiger partial charge in [-0.1, -0.05) is 29.8 Å². The number of rotatable bonds is 7. The minimum Gasteiger partial charge on any atom is -0.408 e. The molecule has 0 fully saturated rings. The number of hydrogen-bond acceptors (Lipinski definition) is 5. The molecule has 0 atom stereocenters. The SMILES string of the molecule is Cc1nn(Cc2ccccc2Cl)c(C)c1C(=O)Nc1ccc2oc(=O)n(CCN(C)C)c2c1. The fourth-order valence-electron chi connectivity index (χ4n) is 3.81. The fourth-order valence-corrected chi connectivity index (χ4v) is 4.01. The Hall–Kier alpha value is -3.36. The van der Waals surface area contributed by atoms with Crippen LogP contribution in [-0.4, -0.2) is 45.8 Å². The van der Waals surface area contributed by atoms with Gasteiger partial charge in [-0.05, 0) is 57.8 Å². The van der Waals surface area contributed by atoms with Crippen LogP contribution in [0.3, 0.4) is 0 Å². The van der Waals surface area contributed by atoms with Crippen LogP contribution in [0.4, 0.5) is 5.69 Å². The van der Waals surface area contributed by atoms with Crippen molar-refractivity contribution in [3.8, 4) is 0 Å². The minimum atomic E-state index is -0.414. The van der Waals surface area contributed by atoms with Crippen molar-refractivity contribution in [3.63, 3.8) is 0 Å². The van der Waals surface area contributed by atoms with Crippen LogP contribution < -0.4 is 11.1 Å². The standard InChI is InChI=1S/C24H26ClN5O3/c1-15-22(16(2)30(27-15)14-17-7-5-6-8-19(17)25)23(31)26-18-9-10-21-20(13-18)29(24(32)33-21)12-11-28(3)4/h5-10,13H,11-12,14H2,1-4H3,(H,26,31). The molecule has 1 amide bonds. The molecule has 0 radical (unpaired) electrons. The molecule has 0 unspecified atom stereocenters. The molecular weight excluding hydrogens is 442 g/mol. The van der Waals surface area contributed by atoms with Crippen LogP contribution in [0.25, 0.3) is 11.1 Å². The molecule has 33 heavy (non-hydrogen) atoms. The summed E-state index contributed by atoms with van der Waals surface area (Å²) in [5.74, 6) is -0.677. The molecule has 2 heterocycles. The van der Waals surface area contributed by atoms with Gasteiger partial charge in [0.2, 0.25) is 0 Å². The minimum absolute atomic E-state index is 0.263. The Labute approximate surface area is 196 Å². The lowest BCUT2D eigenvalue weighted by Crippen LogP contribution is -2.23. The molecule has 172 valence electrons. The summed E-state index contributed by atoms with van der Waals surface area (Å²) in [6, 6.07) is 12.7. The Morgan fingerprint density at radius 2 is 1.94 bits per heavy atom. The maximum atomic E-state index is 13.1. The second-order valence-electron chi connectivity index (χ2n) is 8.25. The van der Waals surface area contributed by atoms with E-state index in [2.05, 4.69) is 10.4 Å². The number of nitrogens with zero attached hydrogens (tertiary/aromatic N) is 4. The summed E-state index contributed by atoms with van der Waals surface area (Å²) in [7, 11) is 3.88. The molecule has 0 bridgehead atoms. The van der Waals surface area contributed by atoms with Crippen molar-refractivity contribution in [2.45, 2.75) is 26.9 Å². The second kappa shape index (κ2) is 9.25. The molecule has 8 nitrogen and oxygen atoms in total. The van der Waals surface area contributed by atoms with Crippen molar-refractivity contribution in [1.82, 2.24) is 19.2 Å². The number of carbonyl (C=O) groups excluding carboxylic acids is 1. The van der Waals surface area contributed by atoms with Gasteiger partial charge in [0, 0.05) is 29.5 Å². The molecule has 0 saturated heterocycles. The van der Waals surface area contributed by atoms with Crippen LogP contribution in [0.5, 0.6) is 0 Å². The van der Waals surface area contributed by atoms with Crippen LogP contribution in [0.2, 0.25) is 5.02 Å². The molecule has 0 aliphatic carbocycles. The molecule has 2 aromatic carbocycles. The predicted octanol–water partition coefficient (Wildman–Crippen LogP) is 3.92. The first-order valence-corrected chi connectivity index (χ1v) is 11.0. The number of halogens is 1. The average molecular weight is 468 g/mol. The van der Waals surface area contributed by atoms with E-state index in [4.69, 9.17) is 16.0 Å². The zero-order chi connectivity index (χ0) is 23.7. The number of aromatic nitrogens is 3. The third kappa shape index (κ3) is 4.72. The number of oxazole rings is 1. The summed E-state index contributed by atoms with van der Waals surface area (Å²) >= 11 is 6.29. The third-order valence-corrected chi connectivity index (χ3v) is 5.95. The highest BCUT2D eigenvalue weighted by atomic mass is 35.5. The van der Waals surface area contributed by atoms with Crippen molar-refractivity contribution < 1.29 is 9.21 Å². The third-order valence-electron chi connectivity index (χ3n) is 5.58. The maximum Gasteiger partial charge on any atom is 0.419 e. The van der Waals surface area contributed by atoms with Gasteiger partial charge < -0.3 is 14.6 Å². The van der Waals surface area contributed by atoms with Gasteiger partial charge in [-0.15, -0.1) is 0 Å². The summed E-state index contributed by atoms with van der Waals surface area (Å²) in [6.07, 6.45) is 0. The number of aryl methyl sites for hydroxylation is 1. The lowest BCUT2D eigenvalue weighted by molar-refractivity contribution is 0.102. The summed E-state index contributed by atoms with van der Waals surface area (Å²) in [4.78, 5) is 27.4. The Kier molecular flexibility index (Phi) is 6.40. The van der Waals surface area contributed by atoms with Crippen LogP contribution in [0.15, 0.2) is 51.7 Å². The Morgan fingerprint density at radius 3 is 2.67 bits per heavy atom. The van der Waals surface area contributed by atoms with E-state index in [9.17, 15) is 9.59 Å². The van der Waals surface area contributed by atoms with E-state index in [-0.39, 0.29) is 5.91 Å². The number of hydrogen-bond donors (Lipinski definition) is 1. The first kappa shape index (κ1) is 22.8. The Bertz CT molecular complexity index is 1380. The summed E-state index contributed by atoms with van der Waals surface area (Å²) in [6.45, 7) is 5.32. The van der Waals surface area contributed by atoms with Gasteiger partial charge in [-0.2, -0.15) is 5.10 Å². The Morgan fingerprint density at radius 1 is 1.18 bits per heavy atom. The number of carbonyl (C=O) groups is 1. The number of nitrogens with one attached hydrogen (secondary N) is 1. The molecule has 0 aliphatic heterocycles. The van der Waals surface area contributed by atoms with Crippen LogP contribution >= 0.6 is 11.6 Å². The van der Waals surface area contributed by atoms with Crippen LogP contribution in [-0.2, 0) is 13.1 Å². The van der Waals surface area contributed by atoms with E-state index >= 15 is 0 Å². The topological polar surface area (TPSA) is 85.3 Å². The smallest absolute Gasteiger partial charge is 0.408 e. The summed E-state index contributed by atoms with van der Waals surface area (Å²) in [5, 5.41) is 8.14. The van der Waals surface area contributed by atoms with Crippen molar-refractivity contribution in [2.75, 3.05) is 26.0 Å². The van der Waals surface area contributed by atoms with Crippen molar-refractivity contribution in [2.24, 2.45) is 0 Å². The van der Waals surface area contributed by atoms with E-state index in [0.29, 0.717) is 52.7 Å². The van der Waals surface area contributed by atoms with Crippen molar-refractivity contribution in [1.29, 1.82) is 0 Å². The molecule has 4 rings (SSSR count). The number of benzene rings is 2. The van der Waals surface area contributed by atoms with Gasteiger partial charge in [0.25, 0.3) is 5.91 Å². The molecule has 2 aromatic heterocycles. The van der Waals surface area contributed by atoms with Crippen LogP contribution in [0.1, 0.15) is 27.3 Å². The van der Waals surface area contributed by atoms with Gasteiger partial charge in [-0.25, -0.2) is 4.79 Å². The van der Waals surface area contributed by atoms with E-state index < -0.39 is 5.76 Å². The van der Waals surface area contributed by atoms with E-state index in [1.165, 1.54) is 0 Å². The highest BCUT2D eigenvalue weighted by Crippen LogP contribution is 2.22. The number of anilines is 1. The lowest BCUT2D eigenvalue weighted by Gasteiger charge is -2.10. The molecular formula is C24H26ClN5O3. The molecule has 0 aliphatic rings. The first-order valence-electron chi connectivity index (χ1n) is 10.6. The van der Waals surface area contributed by atoms with Gasteiger partial charge in [0.15, 0.2) is 5.58 Å². The van der Waals surface area contributed by atoms with Gasteiger partial charge >= 0.3 is 5.76 Å². The predicted molar refractivity (Wildman–Crippen MR) is 129 cm³/mol. The largest absolute Gasteiger partial charge is 0.419 e. The van der Waals surface area contributed by atoms with Crippen LogP contribution in [0, 0.1) is 13.8 Å². The van der Waals surface area contributed by atoms with Gasteiger partial charge in [0.05, 0.1) is 23.3 Å². The highest BCUT2D eigenvalue weighted by molar-refractivity contribution is 6.31. The monoisotopic (exact) mass is 467 g/mol. The summed E-state index contributed by atoms with van der Waals surface area (Å²) in [5.41, 5.74) is 4.52.